The third kappa shape index (κ3) is 5.86. The molecule has 0 heterocycles. The second-order valence-corrected chi connectivity index (χ2v) is 5.27. The molecule has 0 aliphatic carbocycles. The largest absolute Gasteiger partial charge is 0.494 e. The Labute approximate surface area is 121 Å². The Kier molecular flexibility index (Phi) is 6.19. The topological polar surface area (TPSA) is 26.3 Å². The van der Waals surface area contributed by atoms with E-state index in [4.69, 9.17) is 4.74 Å². The standard InChI is InChI=1S/C12H12BrF3O2S/c1-2-18-10-3-4-11(19-12(14,15)16)8(6-10)5-9(17)7-13/h3-4,6H,2,5,7H2,1H3. The van der Waals surface area contributed by atoms with Gasteiger partial charge in [-0.2, -0.15) is 13.2 Å². The molecule has 0 aliphatic heterocycles. The van der Waals surface area contributed by atoms with Gasteiger partial charge in [0, 0.05) is 11.3 Å². The van der Waals surface area contributed by atoms with E-state index in [0.717, 1.165) is 0 Å². The number of carbonyl (C=O) groups excluding carboxylic acids is 1. The van der Waals surface area contributed by atoms with Gasteiger partial charge in [0.05, 0.1) is 11.9 Å². The normalized spacial score (nSPS) is 11.4. The molecule has 7 heteroatoms. The first-order chi connectivity index (χ1) is 8.85. The van der Waals surface area contributed by atoms with Gasteiger partial charge in [-0.05, 0) is 42.4 Å². The predicted molar refractivity (Wildman–Crippen MR) is 72.0 cm³/mol. The Morgan fingerprint density at radius 3 is 2.63 bits per heavy atom. The lowest BCUT2D eigenvalue weighted by Crippen LogP contribution is -2.07. The van der Waals surface area contributed by atoms with E-state index in [9.17, 15) is 18.0 Å². The molecule has 1 rings (SSSR count). The van der Waals surface area contributed by atoms with Gasteiger partial charge >= 0.3 is 5.51 Å². The molecule has 1 aromatic carbocycles. The summed E-state index contributed by atoms with van der Waals surface area (Å²) in [6.07, 6.45) is -0.0510. The number of hydrogen-bond acceptors (Lipinski definition) is 3. The first kappa shape index (κ1) is 16.4. The second-order valence-electron chi connectivity index (χ2n) is 3.60. The molecule has 0 saturated carbocycles. The highest BCUT2D eigenvalue weighted by atomic mass is 79.9. The van der Waals surface area contributed by atoms with Gasteiger partial charge in [0.2, 0.25) is 0 Å². The lowest BCUT2D eigenvalue weighted by Gasteiger charge is -2.12. The number of Topliss-reactive ketones (excluding diaryl/α,β-unsaturated/α-hetero) is 1. The molecule has 19 heavy (non-hydrogen) atoms. The van der Waals surface area contributed by atoms with Crippen molar-refractivity contribution in [3.63, 3.8) is 0 Å². The minimum Gasteiger partial charge on any atom is -0.494 e. The zero-order chi connectivity index (χ0) is 14.5. The van der Waals surface area contributed by atoms with Crippen LogP contribution in [0.5, 0.6) is 5.75 Å². The van der Waals surface area contributed by atoms with E-state index in [1.807, 2.05) is 0 Å². The molecule has 0 unspecified atom stereocenters. The third-order valence-electron chi connectivity index (χ3n) is 2.11. The summed E-state index contributed by atoms with van der Waals surface area (Å²) in [5.74, 6) is 0.282. The predicted octanol–water partition coefficient (Wildman–Crippen LogP) is 4.20. The van der Waals surface area contributed by atoms with Crippen LogP contribution in [0.3, 0.4) is 0 Å². The Hall–Kier alpha value is -0.690. The molecule has 0 N–H and O–H groups in total. The van der Waals surface area contributed by atoms with Crippen molar-refractivity contribution < 1.29 is 22.7 Å². The van der Waals surface area contributed by atoms with E-state index in [1.165, 1.54) is 18.2 Å². The fraction of sp³-hybridized carbons (Fsp3) is 0.417. The average molecular weight is 357 g/mol. The summed E-state index contributed by atoms with van der Waals surface area (Å²) in [7, 11) is 0. The van der Waals surface area contributed by atoms with Crippen LogP contribution in [-0.4, -0.2) is 23.2 Å². The zero-order valence-corrected chi connectivity index (χ0v) is 12.5. The molecule has 0 amide bonds. The van der Waals surface area contributed by atoms with Gasteiger partial charge in [-0.25, -0.2) is 0 Å². The van der Waals surface area contributed by atoms with E-state index in [-0.39, 0.29) is 34.2 Å². The minimum absolute atomic E-state index is 0.0326. The maximum atomic E-state index is 12.4. The number of alkyl halides is 4. The third-order valence-corrected chi connectivity index (χ3v) is 3.58. The summed E-state index contributed by atoms with van der Waals surface area (Å²) in [6.45, 7) is 2.19. The van der Waals surface area contributed by atoms with Crippen molar-refractivity contribution in [1.82, 2.24) is 0 Å². The van der Waals surface area contributed by atoms with Crippen molar-refractivity contribution in [3.05, 3.63) is 23.8 Å². The molecule has 0 saturated heterocycles. The summed E-state index contributed by atoms with van der Waals surface area (Å²) < 4.78 is 42.5. The molecule has 1 aromatic rings. The van der Waals surface area contributed by atoms with Crippen LogP contribution in [0.25, 0.3) is 0 Å². The molecule has 0 aromatic heterocycles. The second kappa shape index (κ2) is 7.19. The summed E-state index contributed by atoms with van der Waals surface area (Å²) in [5.41, 5.74) is -4.04. The molecule has 0 bridgehead atoms. The van der Waals surface area contributed by atoms with Gasteiger partial charge in [0.15, 0.2) is 0 Å². The monoisotopic (exact) mass is 356 g/mol. The first-order valence-electron chi connectivity index (χ1n) is 5.45. The SMILES string of the molecule is CCOc1ccc(SC(F)(F)F)c(CC(=O)CBr)c1. The van der Waals surface area contributed by atoms with Crippen LogP contribution in [-0.2, 0) is 11.2 Å². The zero-order valence-electron chi connectivity index (χ0n) is 10.1. The van der Waals surface area contributed by atoms with Crippen LogP contribution in [0.2, 0.25) is 0 Å². The van der Waals surface area contributed by atoms with Crippen molar-refractivity contribution in [2.24, 2.45) is 0 Å². The number of ether oxygens (including phenoxy) is 1. The van der Waals surface area contributed by atoms with E-state index < -0.39 is 5.51 Å². The Bertz CT molecular complexity index is 449. The fourth-order valence-electron chi connectivity index (χ4n) is 1.43. The number of carbonyl (C=O) groups is 1. The van der Waals surface area contributed by atoms with Crippen LogP contribution in [0, 0.1) is 0 Å². The minimum atomic E-state index is -4.38. The van der Waals surface area contributed by atoms with Crippen molar-refractivity contribution in [3.8, 4) is 5.75 Å². The van der Waals surface area contributed by atoms with E-state index in [2.05, 4.69) is 15.9 Å². The highest BCUT2D eigenvalue weighted by molar-refractivity contribution is 9.09. The van der Waals surface area contributed by atoms with E-state index in [1.54, 1.807) is 6.92 Å². The highest BCUT2D eigenvalue weighted by Gasteiger charge is 2.30. The number of thioether (sulfide) groups is 1. The van der Waals surface area contributed by atoms with Crippen LogP contribution in [0.1, 0.15) is 12.5 Å². The van der Waals surface area contributed by atoms with Gasteiger partial charge in [-0.15, -0.1) is 0 Å². The van der Waals surface area contributed by atoms with Crippen LogP contribution in [0.4, 0.5) is 13.2 Å². The van der Waals surface area contributed by atoms with Crippen molar-refractivity contribution >= 4 is 33.5 Å². The molecule has 2 nitrogen and oxygen atoms in total. The molecule has 0 spiro atoms. The average Bonchev–Trinajstić information content (AvgIpc) is 2.31. The highest BCUT2D eigenvalue weighted by Crippen LogP contribution is 2.39. The first-order valence-corrected chi connectivity index (χ1v) is 7.38. The molecule has 0 fully saturated rings. The van der Waals surface area contributed by atoms with Gasteiger partial charge in [-0.1, -0.05) is 15.9 Å². The quantitative estimate of drug-likeness (QED) is 0.564. The lowest BCUT2D eigenvalue weighted by atomic mass is 10.1. The molecule has 0 radical (unpaired) electrons. The number of ketones is 1. The van der Waals surface area contributed by atoms with Crippen molar-refractivity contribution in [2.75, 3.05) is 11.9 Å². The van der Waals surface area contributed by atoms with E-state index in [0.29, 0.717) is 17.9 Å². The number of benzene rings is 1. The maximum absolute atomic E-state index is 12.4. The number of hydrogen-bond donors (Lipinski definition) is 0. The fourth-order valence-corrected chi connectivity index (χ4v) is 2.28. The Balaban J connectivity index is 3.03. The van der Waals surface area contributed by atoms with Gasteiger partial charge < -0.3 is 4.74 Å². The van der Waals surface area contributed by atoms with Gasteiger partial charge in [0.1, 0.15) is 11.5 Å². The smallest absolute Gasteiger partial charge is 0.446 e. The number of rotatable bonds is 6. The van der Waals surface area contributed by atoms with Gasteiger partial charge in [-0.3, -0.25) is 4.79 Å². The van der Waals surface area contributed by atoms with Crippen molar-refractivity contribution in [1.29, 1.82) is 0 Å². The molecule has 0 atom stereocenters. The summed E-state index contributed by atoms with van der Waals surface area (Å²) in [5, 5.41) is 0.113. The number of halogens is 4. The lowest BCUT2D eigenvalue weighted by molar-refractivity contribution is -0.115. The van der Waals surface area contributed by atoms with Crippen LogP contribution < -0.4 is 4.74 Å². The maximum Gasteiger partial charge on any atom is 0.446 e. The van der Waals surface area contributed by atoms with Gasteiger partial charge in [0.25, 0.3) is 0 Å². The molecular weight excluding hydrogens is 345 g/mol. The van der Waals surface area contributed by atoms with Crippen molar-refractivity contribution in [2.45, 2.75) is 23.7 Å². The molecule has 106 valence electrons. The van der Waals surface area contributed by atoms with Crippen LogP contribution in [0.15, 0.2) is 23.1 Å². The summed E-state index contributed by atoms with van der Waals surface area (Å²) in [6, 6.07) is 4.29. The Morgan fingerprint density at radius 1 is 1.42 bits per heavy atom. The Morgan fingerprint density at radius 2 is 2.11 bits per heavy atom. The van der Waals surface area contributed by atoms with E-state index >= 15 is 0 Å². The summed E-state index contributed by atoms with van der Waals surface area (Å²) in [4.78, 5) is 11.4. The molecule has 0 aliphatic rings. The summed E-state index contributed by atoms with van der Waals surface area (Å²) >= 11 is 2.78. The van der Waals surface area contributed by atoms with Crippen LogP contribution >= 0.6 is 27.7 Å². The molecular formula is C12H12BrF3O2S.